The van der Waals surface area contributed by atoms with Crippen molar-refractivity contribution in [2.24, 2.45) is 0 Å². The molecule has 0 unspecified atom stereocenters. The fraction of sp³-hybridized carbons (Fsp3) is 0.190. The highest BCUT2D eigenvalue weighted by Crippen LogP contribution is 2.16. The lowest BCUT2D eigenvalue weighted by Gasteiger charge is -2.05. The van der Waals surface area contributed by atoms with Crippen LogP contribution >= 0.6 is 0 Å². The average Bonchev–Trinajstić information content (AvgIpc) is 3.15. The van der Waals surface area contributed by atoms with Crippen molar-refractivity contribution in [3.05, 3.63) is 83.3 Å². The van der Waals surface area contributed by atoms with Gasteiger partial charge in [0.1, 0.15) is 11.5 Å². The lowest BCUT2D eigenvalue weighted by molar-refractivity contribution is 0.0921. The van der Waals surface area contributed by atoms with Crippen molar-refractivity contribution in [2.45, 2.75) is 24.1 Å². The van der Waals surface area contributed by atoms with Crippen LogP contribution in [0.4, 0.5) is 0 Å². The highest BCUT2D eigenvalue weighted by Gasteiger charge is 2.13. The minimum atomic E-state index is -1.22. The number of hydrogen-bond donors (Lipinski definition) is 1. The van der Waals surface area contributed by atoms with Gasteiger partial charge >= 0.3 is 0 Å². The Morgan fingerprint density at radius 1 is 1.11 bits per heavy atom. The summed E-state index contributed by atoms with van der Waals surface area (Å²) in [5.41, 5.74) is 2.04. The Kier molecular flexibility index (Phi) is 6.08. The van der Waals surface area contributed by atoms with Crippen LogP contribution in [0.1, 0.15) is 27.4 Å². The van der Waals surface area contributed by atoms with Gasteiger partial charge in [0.05, 0.1) is 23.7 Å². The Morgan fingerprint density at radius 2 is 1.89 bits per heavy atom. The van der Waals surface area contributed by atoms with Crippen LogP contribution < -0.4 is 10.1 Å². The summed E-state index contributed by atoms with van der Waals surface area (Å²) in [4.78, 5) is 13.0. The van der Waals surface area contributed by atoms with Crippen molar-refractivity contribution in [2.75, 3.05) is 7.11 Å². The Balaban J connectivity index is 1.58. The molecule has 1 N–H and O–H groups in total. The maximum Gasteiger partial charge on any atom is 0.287 e. The number of methoxy groups -OCH3 is 1. The molecule has 0 radical (unpaired) electrons. The third kappa shape index (κ3) is 5.08. The molecule has 1 aromatic heterocycles. The van der Waals surface area contributed by atoms with Crippen LogP contribution in [0.25, 0.3) is 0 Å². The Hall–Kier alpha value is -2.86. The van der Waals surface area contributed by atoms with Crippen molar-refractivity contribution in [3.63, 3.8) is 0 Å². The van der Waals surface area contributed by atoms with Gasteiger partial charge < -0.3 is 14.5 Å². The van der Waals surface area contributed by atoms with Crippen LogP contribution in [-0.4, -0.2) is 17.2 Å². The van der Waals surface area contributed by atoms with Gasteiger partial charge in [-0.2, -0.15) is 0 Å². The Morgan fingerprint density at radius 3 is 2.63 bits per heavy atom. The van der Waals surface area contributed by atoms with E-state index >= 15 is 0 Å². The molecule has 1 heterocycles. The number of rotatable bonds is 7. The molecule has 140 valence electrons. The molecule has 5 nitrogen and oxygen atoms in total. The highest BCUT2D eigenvalue weighted by atomic mass is 32.2. The second kappa shape index (κ2) is 8.68. The van der Waals surface area contributed by atoms with E-state index in [1.807, 2.05) is 55.5 Å². The zero-order valence-electron chi connectivity index (χ0n) is 15.2. The average molecular weight is 383 g/mol. The van der Waals surface area contributed by atoms with Crippen molar-refractivity contribution in [1.82, 2.24) is 5.32 Å². The van der Waals surface area contributed by atoms with Crippen molar-refractivity contribution >= 4 is 16.7 Å². The molecule has 0 aliphatic heterocycles. The number of furan rings is 1. The molecule has 1 atom stereocenters. The predicted octanol–water partition coefficient (Wildman–Crippen LogP) is 3.83. The van der Waals surface area contributed by atoms with Gasteiger partial charge in [0.15, 0.2) is 5.76 Å². The van der Waals surface area contributed by atoms with E-state index in [4.69, 9.17) is 9.15 Å². The van der Waals surface area contributed by atoms with Gasteiger partial charge in [-0.1, -0.05) is 29.8 Å². The number of carbonyl (C=O) groups is 1. The van der Waals surface area contributed by atoms with Gasteiger partial charge in [-0.15, -0.1) is 0 Å². The first kappa shape index (κ1) is 18.9. The zero-order chi connectivity index (χ0) is 19.2. The number of benzene rings is 2. The fourth-order valence-electron chi connectivity index (χ4n) is 2.53. The number of aryl methyl sites for hydroxylation is 1. The van der Waals surface area contributed by atoms with E-state index in [9.17, 15) is 9.00 Å². The first-order valence-electron chi connectivity index (χ1n) is 8.50. The topological polar surface area (TPSA) is 68.5 Å². The minimum absolute atomic E-state index is 0.203. The molecule has 0 aliphatic rings. The molecule has 1 amide bonds. The molecule has 0 bridgehead atoms. The van der Waals surface area contributed by atoms with Gasteiger partial charge in [-0.25, -0.2) is 0 Å². The van der Waals surface area contributed by atoms with Gasteiger partial charge in [0.25, 0.3) is 5.91 Å². The van der Waals surface area contributed by atoms with Crippen LogP contribution in [0.3, 0.4) is 0 Å². The highest BCUT2D eigenvalue weighted by molar-refractivity contribution is 7.84. The molecule has 0 saturated carbocycles. The van der Waals surface area contributed by atoms with Crippen LogP contribution in [0, 0.1) is 6.92 Å². The third-order valence-electron chi connectivity index (χ3n) is 4.03. The summed E-state index contributed by atoms with van der Waals surface area (Å²) in [5, 5.41) is 2.81. The lowest BCUT2D eigenvalue weighted by atomic mass is 10.2. The standard InChI is InChI=1S/C21H21NO4S/c1-15-6-9-19(10-7-15)27(24)14-18-8-11-20(26-18)21(23)22-13-16-4-3-5-17(12-16)25-2/h3-12H,13-14H2,1-2H3,(H,22,23)/t27-/m1/s1. The van der Waals surface area contributed by atoms with Crippen molar-refractivity contribution in [3.8, 4) is 5.75 Å². The van der Waals surface area contributed by atoms with Gasteiger partial charge in [0, 0.05) is 11.4 Å². The van der Waals surface area contributed by atoms with E-state index in [1.165, 1.54) is 0 Å². The molecular weight excluding hydrogens is 362 g/mol. The van der Waals surface area contributed by atoms with E-state index in [2.05, 4.69) is 5.32 Å². The first-order chi connectivity index (χ1) is 13.0. The van der Waals surface area contributed by atoms with E-state index < -0.39 is 10.8 Å². The number of hydrogen-bond acceptors (Lipinski definition) is 4. The largest absolute Gasteiger partial charge is 0.497 e. The summed E-state index contributed by atoms with van der Waals surface area (Å²) in [6.45, 7) is 2.34. The molecule has 0 saturated heterocycles. The Bertz CT molecular complexity index is 947. The second-order valence-electron chi connectivity index (χ2n) is 6.10. The summed E-state index contributed by atoms with van der Waals surface area (Å²) in [5.74, 6) is 1.37. The number of amides is 1. The SMILES string of the molecule is COc1cccc(CNC(=O)c2ccc(C[S@@](=O)c3ccc(C)cc3)o2)c1. The predicted molar refractivity (Wildman–Crippen MR) is 104 cm³/mol. The minimum Gasteiger partial charge on any atom is -0.497 e. The third-order valence-corrected chi connectivity index (χ3v) is 5.37. The molecule has 0 fully saturated rings. The quantitative estimate of drug-likeness (QED) is 0.673. The molecule has 3 aromatic rings. The summed E-state index contributed by atoms with van der Waals surface area (Å²) < 4.78 is 23.1. The lowest BCUT2D eigenvalue weighted by Crippen LogP contribution is -2.22. The molecule has 2 aromatic carbocycles. The van der Waals surface area contributed by atoms with E-state index in [0.29, 0.717) is 12.3 Å². The number of ether oxygens (including phenoxy) is 1. The molecular formula is C21H21NO4S. The maximum absolute atomic E-state index is 12.4. The van der Waals surface area contributed by atoms with Crippen molar-refractivity contribution in [1.29, 1.82) is 0 Å². The molecule has 0 aliphatic carbocycles. The van der Waals surface area contributed by atoms with Crippen molar-refractivity contribution < 1.29 is 18.2 Å². The van der Waals surface area contributed by atoms with Gasteiger partial charge in [-0.3, -0.25) is 9.00 Å². The first-order valence-corrected chi connectivity index (χ1v) is 9.82. The van der Waals surface area contributed by atoms with Crippen LogP contribution in [-0.2, 0) is 23.1 Å². The monoisotopic (exact) mass is 383 g/mol. The summed E-state index contributed by atoms with van der Waals surface area (Å²) in [7, 11) is 0.381. The normalized spacial score (nSPS) is 11.8. The van der Waals surface area contributed by atoms with Gasteiger partial charge in [0.2, 0.25) is 0 Å². The number of carbonyl (C=O) groups excluding carboxylic acids is 1. The second-order valence-corrected chi connectivity index (χ2v) is 7.55. The van der Waals surface area contributed by atoms with E-state index in [0.717, 1.165) is 21.8 Å². The van der Waals surface area contributed by atoms with E-state index in [-0.39, 0.29) is 17.4 Å². The smallest absolute Gasteiger partial charge is 0.287 e. The summed E-state index contributed by atoms with van der Waals surface area (Å²) in [6.07, 6.45) is 0. The number of nitrogens with one attached hydrogen (secondary N) is 1. The molecule has 3 rings (SSSR count). The fourth-order valence-corrected chi connectivity index (χ4v) is 3.55. The van der Waals surface area contributed by atoms with Gasteiger partial charge in [-0.05, 0) is 48.9 Å². The maximum atomic E-state index is 12.4. The molecule has 27 heavy (non-hydrogen) atoms. The summed E-state index contributed by atoms with van der Waals surface area (Å²) >= 11 is 0. The zero-order valence-corrected chi connectivity index (χ0v) is 16.0. The van der Waals surface area contributed by atoms with Crippen LogP contribution in [0.5, 0.6) is 5.75 Å². The van der Waals surface area contributed by atoms with Crippen LogP contribution in [0.2, 0.25) is 0 Å². The summed E-state index contributed by atoms with van der Waals surface area (Å²) in [6, 6.07) is 18.3. The van der Waals surface area contributed by atoms with Crippen LogP contribution in [0.15, 0.2) is 70.0 Å². The Labute approximate surface area is 160 Å². The molecule has 0 spiro atoms. The van der Waals surface area contributed by atoms with E-state index in [1.54, 1.807) is 19.2 Å². The molecule has 6 heteroatoms.